The molecule has 1 heterocycles. The van der Waals surface area contributed by atoms with Gasteiger partial charge in [0.2, 0.25) is 0 Å². The fraction of sp³-hybridized carbons (Fsp3) is 0.167. The Hall–Kier alpha value is -2.30. The van der Waals surface area contributed by atoms with Gasteiger partial charge in [0.05, 0.1) is 17.9 Å². The third-order valence-corrected chi connectivity index (χ3v) is 2.54. The lowest BCUT2D eigenvalue weighted by Crippen LogP contribution is -2.27. The van der Waals surface area contributed by atoms with E-state index in [1.165, 1.54) is 6.20 Å². The summed E-state index contributed by atoms with van der Waals surface area (Å²) in [5, 5.41) is 9.14. The van der Waals surface area contributed by atoms with E-state index in [2.05, 4.69) is 15.5 Å². The van der Waals surface area contributed by atoms with Crippen LogP contribution in [-0.4, -0.2) is 16.1 Å². The van der Waals surface area contributed by atoms with E-state index in [-0.39, 0.29) is 11.9 Å². The van der Waals surface area contributed by atoms with E-state index in [0.717, 1.165) is 5.56 Å². The SMILES string of the molecule is CC(NC(=O)c1[nH]ncc1N)c1ccccc1. The molecule has 5 nitrogen and oxygen atoms in total. The van der Waals surface area contributed by atoms with E-state index in [9.17, 15) is 4.79 Å². The highest BCUT2D eigenvalue weighted by atomic mass is 16.2. The molecule has 1 aromatic carbocycles. The van der Waals surface area contributed by atoms with Crippen LogP contribution in [-0.2, 0) is 0 Å². The van der Waals surface area contributed by atoms with Crippen LogP contribution in [0, 0.1) is 0 Å². The summed E-state index contributed by atoms with van der Waals surface area (Å²) in [5.74, 6) is -0.253. The fourth-order valence-electron chi connectivity index (χ4n) is 1.57. The number of hydrogen-bond acceptors (Lipinski definition) is 3. The highest BCUT2D eigenvalue weighted by Gasteiger charge is 2.14. The highest BCUT2D eigenvalue weighted by molar-refractivity contribution is 5.97. The summed E-state index contributed by atoms with van der Waals surface area (Å²) in [6, 6.07) is 9.64. The molecule has 0 radical (unpaired) electrons. The maximum Gasteiger partial charge on any atom is 0.271 e. The zero-order chi connectivity index (χ0) is 12.3. The van der Waals surface area contributed by atoms with Gasteiger partial charge >= 0.3 is 0 Å². The molecule has 0 aliphatic heterocycles. The smallest absolute Gasteiger partial charge is 0.271 e. The highest BCUT2D eigenvalue weighted by Crippen LogP contribution is 2.13. The maximum atomic E-state index is 11.8. The molecule has 4 N–H and O–H groups in total. The van der Waals surface area contributed by atoms with Gasteiger partial charge in [-0.15, -0.1) is 0 Å². The van der Waals surface area contributed by atoms with Crippen molar-refractivity contribution in [1.82, 2.24) is 15.5 Å². The van der Waals surface area contributed by atoms with Gasteiger partial charge < -0.3 is 11.1 Å². The summed E-state index contributed by atoms with van der Waals surface area (Å²) in [4.78, 5) is 11.8. The molecule has 1 unspecified atom stereocenters. The number of amides is 1. The Kier molecular flexibility index (Phi) is 3.09. The van der Waals surface area contributed by atoms with Crippen molar-refractivity contribution in [2.75, 3.05) is 5.73 Å². The Morgan fingerprint density at radius 2 is 2.12 bits per heavy atom. The van der Waals surface area contributed by atoms with E-state index in [1.807, 2.05) is 37.3 Å². The van der Waals surface area contributed by atoms with Gasteiger partial charge in [-0.25, -0.2) is 0 Å². The molecule has 1 amide bonds. The molecule has 5 heteroatoms. The van der Waals surface area contributed by atoms with Crippen LogP contribution in [0.2, 0.25) is 0 Å². The van der Waals surface area contributed by atoms with Crippen molar-refractivity contribution in [2.24, 2.45) is 0 Å². The molecule has 0 bridgehead atoms. The first kappa shape index (κ1) is 11.2. The lowest BCUT2D eigenvalue weighted by molar-refractivity contribution is 0.0935. The Balaban J connectivity index is 2.08. The van der Waals surface area contributed by atoms with Crippen LogP contribution in [0.3, 0.4) is 0 Å². The van der Waals surface area contributed by atoms with Gasteiger partial charge in [0.15, 0.2) is 0 Å². The number of nitrogen functional groups attached to an aromatic ring is 1. The minimum Gasteiger partial charge on any atom is -0.396 e. The zero-order valence-corrected chi connectivity index (χ0v) is 9.47. The van der Waals surface area contributed by atoms with E-state index in [1.54, 1.807) is 0 Å². The molecule has 1 atom stereocenters. The van der Waals surface area contributed by atoms with Crippen molar-refractivity contribution in [3.63, 3.8) is 0 Å². The Morgan fingerprint density at radius 1 is 1.41 bits per heavy atom. The minimum atomic E-state index is -0.253. The molecule has 88 valence electrons. The van der Waals surface area contributed by atoms with Crippen LogP contribution in [0.4, 0.5) is 5.69 Å². The molecule has 0 saturated carbocycles. The van der Waals surface area contributed by atoms with Crippen LogP contribution in [0.1, 0.15) is 29.0 Å². The van der Waals surface area contributed by atoms with E-state index in [4.69, 9.17) is 5.73 Å². The van der Waals surface area contributed by atoms with Gasteiger partial charge in [0, 0.05) is 0 Å². The third kappa shape index (κ3) is 2.44. The number of nitrogens with zero attached hydrogens (tertiary/aromatic N) is 1. The number of carbonyl (C=O) groups excluding carboxylic acids is 1. The first-order valence-corrected chi connectivity index (χ1v) is 5.33. The van der Waals surface area contributed by atoms with Crippen molar-refractivity contribution < 1.29 is 4.79 Å². The van der Waals surface area contributed by atoms with Gasteiger partial charge in [0.25, 0.3) is 5.91 Å². The molecule has 1 aromatic heterocycles. The number of H-pyrrole nitrogens is 1. The summed E-state index contributed by atoms with van der Waals surface area (Å²) >= 11 is 0. The number of aromatic nitrogens is 2. The van der Waals surface area contributed by atoms with Gasteiger partial charge in [-0.1, -0.05) is 30.3 Å². The van der Waals surface area contributed by atoms with Gasteiger partial charge in [-0.3, -0.25) is 9.89 Å². The Bertz CT molecular complexity index is 506. The van der Waals surface area contributed by atoms with Crippen molar-refractivity contribution in [1.29, 1.82) is 0 Å². The van der Waals surface area contributed by atoms with Crippen molar-refractivity contribution in [2.45, 2.75) is 13.0 Å². The number of anilines is 1. The van der Waals surface area contributed by atoms with Gasteiger partial charge in [0.1, 0.15) is 5.69 Å². The summed E-state index contributed by atoms with van der Waals surface area (Å²) in [5.41, 5.74) is 7.29. The minimum absolute atomic E-state index is 0.0774. The Morgan fingerprint density at radius 3 is 2.71 bits per heavy atom. The summed E-state index contributed by atoms with van der Waals surface area (Å²) < 4.78 is 0. The predicted octanol–water partition coefficient (Wildman–Crippen LogP) is 1.48. The molecule has 0 fully saturated rings. The molecule has 0 spiro atoms. The molecular formula is C12H14N4O. The van der Waals surface area contributed by atoms with E-state index < -0.39 is 0 Å². The van der Waals surface area contributed by atoms with Crippen molar-refractivity contribution >= 4 is 11.6 Å². The summed E-state index contributed by atoms with van der Waals surface area (Å²) in [6.07, 6.45) is 1.42. The molecule has 17 heavy (non-hydrogen) atoms. The van der Waals surface area contributed by atoms with E-state index >= 15 is 0 Å². The monoisotopic (exact) mass is 230 g/mol. The van der Waals surface area contributed by atoms with Gasteiger partial charge in [-0.2, -0.15) is 5.10 Å². The standard InChI is InChI=1S/C12H14N4O/c1-8(9-5-3-2-4-6-9)15-12(17)11-10(13)7-14-16-11/h2-8H,13H2,1H3,(H,14,16)(H,15,17). The number of carbonyl (C=O) groups is 1. The lowest BCUT2D eigenvalue weighted by atomic mass is 10.1. The maximum absolute atomic E-state index is 11.8. The topological polar surface area (TPSA) is 83.8 Å². The number of aromatic amines is 1. The second-order valence-electron chi connectivity index (χ2n) is 3.81. The molecule has 2 rings (SSSR count). The summed E-state index contributed by atoms with van der Waals surface area (Å²) in [7, 11) is 0. The molecule has 0 aliphatic rings. The summed E-state index contributed by atoms with van der Waals surface area (Å²) in [6.45, 7) is 1.92. The second-order valence-corrected chi connectivity index (χ2v) is 3.81. The van der Waals surface area contributed by atoms with Crippen LogP contribution in [0.5, 0.6) is 0 Å². The quantitative estimate of drug-likeness (QED) is 0.746. The fourth-order valence-corrected chi connectivity index (χ4v) is 1.57. The predicted molar refractivity (Wildman–Crippen MR) is 65.3 cm³/mol. The number of hydrogen-bond donors (Lipinski definition) is 3. The van der Waals surface area contributed by atoms with Crippen molar-refractivity contribution in [3.05, 3.63) is 47.8 Å². The second kappa shape index (κ2) is 4.69. The molecular weight excluding hydrogens is 216 g/mol. The Labute approximate surface area is 99.0 Å². The molecule has 2 aromatic rings. The third-order valence-electron chi connectivity index (χ3n) is 2.54. The number of nitrogens with one attached hydrogen (secondary N) is 2. The van der Waals surface area contributed by atoms with Crippen molar-refractivity contribution in [3.8, 4) is 0 Å². The largest absolute Gasteiger partial charge is 0.396 e. The van der Waals surface area contributed by atoms with Crippen LogP contribution in [0.15, 0.2) is 36.5 Å². The number of rotatable bonds is 3. The van der Waals surface area contributed by atoms with Crippen LogP contribution < -0.4 is 11.1 Å². The van der Waals surface area contributed by atoms with E-state index in [0.29, 0.717) is 11.4 Å². The first-order chi connectivity index (χ1) is 8.18. The number of benzene rings is 1. The average molecular weight is 230 g/mol. The molecule has 0 saturated heterocycles. The first-order valence-electron chi connectivity index (χ1n) is 5.33. The van der Waals surface area contributed by atoms with Crippen LogP contribution in [0.25, 0.3) is 0 Å². The molecule has 0 aliphatic carbocycles. The average Bonchev–Trinajstić information content (AvgIpc) is 2.76. The van der Waals surface area contributed by atoms with Gasteiger partial charge in [-0.05, 0) is 12.5 Å². The van der Waals surface area contributed by atoms with Crippen LogP contribution >= 0.6 is 0 Å². The lowest BCUT2D eigenvalue weighted by Gasteiger charge is -2.13. The zero-order valence-electron chi connectivity index (χ0n) is 9.47. The normalized spacial score (nSPS) is 12.1. The number of nitrogens with two attached hydrogens (primary N) is 1.